The fourth-order valence-electron chi connectivity index (χ4n) is 0.672. The van der Waals surface area contributed by atoms with Crippen LogP contribution in [0.15, 0.2) is 24.8 Å². The van der Waals surface area contributed by atoms with E-state index < -0.39 is 17.7 Å². The summed E-state index contributed by atoms with van der Waals surface area (Å²) in [4.78, 5) is 0. The van der Waals surface area contributed by atoms with Gasteiger partial charge in [0.1, 0.15) is 0 Å². The first kappa shape index (κ1) is 10.3. The van der Waals surface area contributed by atoms with Crippen LogP contribution in [-0.2, 0) is 0 Å². The van der Waals surface area contributed by atoms with Gasteiger partial charge in [0, 0.05) is 5.57 Å². The molecule has 0 aliphatic rings. The summed E-state index contributed by atoms with van der Waals surface area (Å²) in [7, 11) is 0. The first-order valence-corrected chi connectivity index (χ1v) is 3.26. The summed E-state index contributed by atoms with van der Waals surface area (Å²) in [5.74, 6) is -0.563. The minimum absolute atomic E-state index is 0.318. The van der Waals surface area contributed by atoms with E-state index >= 15 is 0 Å². The van der Waals surface area contributed by atoms with Crippen molar-refractivity contribution < 1.29 is 13.2 Å². The predicted molar refractivity (Wildman–Crippen MR) is 39.2 cm³/mol. The highest BCUT2D eigenvalue weighted by Gasteiger charge is 2.34. The molecule has 0 amide bonds. The van der Waals surface area contributed by atoms with E-state index in [1.807, 2.05) is 0 Å². The van der Waals surface area contributed by atoms with E-state index in [1.165, 1.54) is 13.0 Å². The lowest BCUT2D eigenvalue weighted by atomic mass is 9.99. The standard InChI is InChI=1S/C8H11F3/c1-4-5-6(2)7(3)8(9,10)11/h4,6H,1,3,5H2,2H3. The minimum Gasteiger partial charge on any atom is -0.166 e. The lowest BCUT2D eigenvalue weighted by Gasteiger charge is -2.15. The molecule has 0 spiro atoms. The van der Waals surface area contributed by atoms with Crippen molar-refractivity contribution in [2.45, 2.75) is 19.5 Å². The Kier molecular flexibility index (Phi) is 3.36. The molecule has 0 aliphatic carbocycles. The molecule has 0 N–H and O–H groups in total. The third-order valence-electron chi connectivity index (χ3n) is 1.48. The lowest BCUT2D eigenvalue weighted by molar-refractivity contribution is -0.0977. The monoisotopic (exact) mass is 164 g/mol. The second kappa shape index (κ2) is 3.60. The van der Waals surface area contributed by atoms with E-state index in [-0.39, 0.29) is 0 Å². The summed E-state index contributed by atoms with van der Waals surface area (Å²) in [6.07, 6.45) is -2.48. The van der Waals surface area contributed by atoms with Crippen molar-refractivity contribution in [3.8, 4) is 0 Å². The number of rotatable bonds is 3. The first-order chi connectivity index (χ1) is 4.89. The van der Waals surface area contributed by atoms with Crippen LogP contribution < -0.4 is 0 Å². The molecule has 64 valence electrons. The normalized spacial score (nSPS) is 14.2. The minimum atomic E-state index is -4.26. The van der Waals surface area contributed by atoms with Gasteiger partial charge in [-0.3, -0.25) is 0 Å². The molecule has 0 heterocycles. The van der Waals surface area contributed by atoms with Crippen molar-refractivity contribution in [2.75, 3.05) is 0 Å². The molecule has 0 aliphatic heterocycles. The lowest BCUT2D eigenvalue weighted by Crippen LogP contribution is -2.16. The SMILES string of the molecule is C=CCC(C)C(=C)C(F)(F)F. The summed E-state index contributed by atoms with van der Waals surface area (Å²) in [5, 5.41) is 0. The Labute approximate surface area is 64.4 Å². The van der Waals surface area contributed by atoms with Crippen LogP contribution in [-0.4, -0.2) is 6.18 Å². The number of alkyl halides is 3. The van der Waals surface area contributed by atoms with Crippen molar-refractivity contribution in [1.29, 1.82) is 0 Å². The van der Waals surface area contributed by atoms with Crippen LogP contribution in [0.5, 0.6) is 0 Å². The van der Waals surface area contributed by atoms with Gasteiger partial charge >= 0.3 is 6.18 Å². The van der Waals surface area contributed by atoms with Gasteiger partial charge in [-0.2, -0.15) is 13.2 Å². The molecule has 0 fully saturated rings. The molecule has 1 atom stereocenters. The van der Waals surface area contributed by atoms with Gasteiger partial charge in [0.05, 0.1) is 0 Å². The van der Waals surface area contributed by atoms with Gasteiger partial charge in [-0.05, 0) is 12.3 Å². The average molecular weight is 164 g/mol. The Morgan fingerprint density at radius 1 is 1.55 bits per heavy atom. The third kappa shape index (κ3) is 3.25. The maximum atomic E-state index is 11.9. The largest absolute Gasteiger partial charge is 0.412 e. The molecule has 0 aromatic rings. The van der Waals surface area contributed by atoms with Crippen LogP contribution >= 0.6 is 0 Å². The Morgan fingerprint density at radius 3 is 2.27 bits per heavy atom. The summed E-state index contributed by atoms with van der Waals surface area (Å²) in [6.45, 7) is 7.81. The Morgan fingerprint density at radius 2 is 2.00 bits per heavy atom. The molecule has 0 saturated carbocycles. The molecule has 0 aromatic heterocycles. The second-order valence-electron chi connectivity index (χ2n) is 2.45. The highest BCUT2D eigenvalue weighted by molar-refractivity contribution is 5.07. The molecule has 3 heteroatoms. The van der Waals surface area contributed by atoms with Gasteiger partial charge in [-0.25, -0.2) is 0 Å². The van der Waals surface area contributed by atoms with Gasteiger partial charge in [0.25, 0.3) is 0 Å². The van der Waals surface area contributed by atoms with E-state index in [1.54, 1.807) is 0 Å². The molecule has 0 aromatic carbocycles. The summed E-state index contributed by atoms with van der Waals surface area (Å²) in [5.41, 5.74) is -0.683. The van der Waals surface area contributed by atoms with Crippen LogP contribution in [0.2, 0.25) is 0 Å². The van der Waals surface area contributed by atoms with Gasteiger partial charge in [-0.1, -0.05) is 19.6 Å². The van der Waals surface area contributed by atoms with E-state index in [0.29, 0.717) is 6.42 Å². The fourth-order valence-corrected chi connectivity index (χ4v) is 0.672. The zero-order valence-electron chi connectivity index (χ0n) is 6.41. The first-order valence-electron chi connectivity index (χ1n) is 3.26. The van der Waals surface area contributed by atoms with Crippen molar-refractivity contribution in [2.24, 2.45) is 5.92 Å². The van der Waals surface area contributed by atoms with Gasteiger partial charge in [-0.15, -0.1) is 6.58 Å². The number of hydrogen-bond donors (Lipinski definition) is 0. The quantitative estimate of drug-likeness (QED) is 0.561. The number of allylic oxidation sites excluding steroid dienone is 2. The Bertz CT molecular complexity index is 155. The van der Waals surface area contributed by atoms with E-state index in [9.17, 15) is 13.2 Å². The zero-order valence-corrected chi connectivity index (χ0v) is 6.41. The summed E-state index contributed by atoms with van der Waals surface area (Å²) >= 11 is 0. The smallest absolute Gasteiger partial charge is 0.166 e. The van der Waals surface area contributed by atoms with Crippen LogP contribution in [0.25, 0.3) is 0 Å². The molecular formula is C8H11F3. The summed E-state index contributed by atoms with van der Waals surface area (Å²) < 4.78 is 35.7. The van der Waals surface area contributed by atoms with Crippen molar-refractivity contribution in [3.05, 3.63) is 24.8 Å². The van der Waals surface area contributed by atoms with Crippen LogP contribution in [0, 0.1) is 5.92 Å². The van der Waals surface area contributed by atoms with Gasteiger partial charge < -0.3 is 0 Å². The van der Waals surface area contributed by atoms with Gasteiger partial charge in [0.2, 0.25) is 0 Å². The van der Waals surface area contributed by atoms with Crippen molar-refractivity contribution in [1.82, 2.24) is 0 Å². The third-order valence-corrected chi connectivity index (χ3v) is 1.48. The molecule has 1 unspecified atom stereocenters. The molecule has 11 heavy (non-hydrogen) atoms. The highest BCUT2D eigenvalue weighted by atomic mass is 19.4. The fraction of sp³-hybridized carbons (Fsp3) is 0.500. The van der Waals surface area contributed by atoms with Crippen LogP contribution in [0.3, 0.4) is 0 Å². The van der Waals surface area contributed by atoms with E-state index in [4.69, 9.17) is 0 Å². The Hall–Kier alpha value is -0.730. The number of halogens is 3. The van der Waals surface area contributed by atoms with E-state index in [2.05, 4.69) is 13.2 Å². The maximum absolute atomic E-state index is 11.9. The van der Waals surface area contributed by atoms with Gasteiger partial charge in [0.15, 0.2) is 0 Å². The number of hydrogen-bond acceptors (Lipinski definition) is 0. The topological polar surface area (TPSA) is 0 Å². The molecule has 0 radical (unpaired) electrons. The van der Waals surface area contributed by atoms with Crippen LogP contribution in [0.1, 0.15) is 13.3 Å². The maximum Gasteiger partial charge on any atom is 0.412 e. The predicted octanol–water partition coefficient (Wildman–Crippen LogP) is 3.32. The second-order valence-corrected chi connectivity index (χ2v) is 2.45. The molecule has 0 bridgehead atoms. The zero-order chi connectivity index (χ0) is 9.07. The van der Waals surface area contributed by atoms with Crippen LogP contribution in [0.4, 0.5) is 13.2 Å². The molecule has 0 nitrogen and oxygen atoms in total. The Balaban J connectivity index is 4.13. The molecule has 0 saturated heterocycles. The molecule has 0 rings (SSSR count). The molecular weight excluding hydrogens is 153 g/mol. The summed E-state index contributed by atoms with van der Waals surface area (Å²) in [6, 6.07) is 0. The highest BCUT2D eigenvalue weighted by Crippen LogP contribution is 2.31. The van der Waals surface area contributed by atoms with Crippen molar-refractivity contribution >= 4 is 0 Å². The van der Waals surface area contributed by atoms with Crippen molar-refractivity contribution in [3.63, 3.8) is 0 Å². The van der Waals surface area contributed by atoms with E-state index in [0.717, 1.165) is 0 Å². The average Bonchev–Trinajstić information content (AvgIpc) is 1.85.